The zero-order valence-electron chi connectivity index (χ0n) is 10.8. The van der Waals surface area contributed by atoms with Crippen molar-refractivity contribution in [2.24, 2.45) is 0 Å². The summed E-state index contributed by atoms with van der Waals surface area (Å²) in [6.45, 7) is 6.44. The van der Waals surface area contributed by atoms with Gasteiger partial charge in [-0.2, -0.15) is 4.98 Å². The summed E-state index contributed by atoms with van der Waals surface area (Å²) in [5.41, 5.74) is 2.08. The second kappa shape index (κ2) is 5.17. The molecule has 0 aromatic carbocycles. The van der Waals surface area contributed by atoms with Crippen molar-refractivity contribution in [3.05, 3.63) is 23.9 Å². The molecule has 0 bridgehead atoms. The van der Waals surface area contributed by atoms with Crippen LogP contribution in [-0.2, 0) is 0 Å². The Morgan fingerprint density at radius 2 is 2.24 bits per heavy atom. The summed E-state index contributed by atoms with van der Waals surface area (Å²) >= 11 is 0. The third kappa shape index (κ3) is 2.57. The van der Waals surface area contributed by atoms with Crippen LogP contribution in [0.15, 0.2) is 18.3 Å². The Hall–Kier alpha value is -1.58. The van der Waals surface area contributed by atoms with Gasteiger partial charge in [0.25, 0.3) is 0 Å². The van der Waals surface area contributed by atoms with Crippen LogP contribution in [0, 0.1) is 6.92 Å². The molecule has 92 valence electrons. The topological polar surface area (TPSA) is 42.2 Å². The number of hydrogen-bond donors (Lipinski definition) is 1. The van der Waals surface area contributed by atoms with Crippen molar-refractivity contribution in [1.82, 2.24) is 14.6 Å². The van der Waals surface area contributed by atoms with Gasteiger partial charge in [-0.3, -0.25) is 0 Å². The second-order valence-corrected chi connectivity index (χ2v) is 4.43. The van der Waals surface area contributed by atoms with Crippen LogP contribution < -0.4 is 5.32 Å². The lowest BCUT2D eigenvalue weighted by Crippen LogP contribution is -2.18. The molecule has 0 spiro atoms. The SMILES string of the molecule is CCCC(CC)Nc1nc2c(C)cccn2n1. The number of aromatic nitrogens is 3. The average molecular weight is 232 g/mol. The molecule has 4 heteroatoms. The van der Waals surface area contributed by atoms with Gasteiger partial charge in [0.1, 0.15) is 0 Å². The molecule has 2 rings (SSSR count). The van der Waals surface area contributed by atoms with E-state index < -0.39 is 0 Å². The first kappa shape index (κ1) is 11.9. The predicted molar refractivity (Wildman–Crippen MR) is 70.3 cm³/mol. The van der Waals surface area contributed by atoms with Crippen molar-refractivity contribution >= 4 is 11.6 Å². The van der Waals surface area contributed by atoms with E-state index in [-0.39, 0.29) is 0 Å². The van der Waals surface area contributed by atoms with Crippen molar-refractivity contribution in [3.8, 4) is 0 Å². The van der Waals surface area contributed by atoms with E-state index >= 15 is 0 Å². The minimum absolute atomic E-state index is 0.470. The monoisotopic (exact) mass is 232 g/mol. The quantitative estimate of drug-likeness (QED) is 0.861. The molecule has 1 N–H and O–H groups in total. The van der Waals surface area contributed by atoms with E-state index in [1.165, 1.54) is 6.42 Å². The minimum Gasteiger partial charge on any atom is -0.350 e. The maximum Gasteiger partial charge on any atom is 0.243 e. The highest BCUT2D eigenvalue weighted by molar-refractivity contribution is 5.49. The maximum atomic E-state index is 4.52. The summed E-state index contributed by atoms with van der Waals surface area (Å²) in [4.78, 5) is 4.52. The van der Waals surface area contributed by atoms with E-state index in [1.54, 1.807) is 0 Å². The van der Waals surface area contributed by atoms with Crippen LogP contribution in [0.1, 0.15) is 38.7 Å². The van der Waals surface area contributed by atoms with Crippen LogP contribution in [0.4, 0.5) is 5.95 Å². The van der Waals surface area contributed by atoms with Gasteiger partial charge in [-0.1, -0.05) is 26.3 Å². The highest BCUT2D eigenvalue weighted by atomic mass is 15.3. The Labute approximate surface area is 102 Å². The summed E-state index contributed by atoms with van der Waals surface area (Å²) in [5.74, 6) is 0.736. The number of fused-ring (bicyclic) bond motifs is 1. The molecule has 0 amide bonds. The summed E-state index contributed by atoms with van der Waals surface area (Å²) in [6, 6.07) is 4.51. The number of rotatable bonds is 5. The molecule has 0 radical (unpaired) electrons. The molecule has 1 atom stereocenters. The van der Waals surface area contributed by atoms with Crippen LogP contribution in [0.2, 0.25) is 0 Å². The smallest absolute Gasteiger partial charge is 0.243 e. The summed E-state index contributed by atoms with van der Waals surface area (Å²) in [5, 5.41) is 7.84. The fourth-order valence-electron chi connectivity index (χ4n) is 2.01. The average Bonchev–Trinajstić information content (AvgIpc) is 2.72. The third-order valence-electron chi connectivity index (χ3n) is 3.02. The van der Waals surface area contributed by atoms with Crippen LogP contribution in [-0.4, -0.2) is 20.6 Å². The Morgan fingerprint density at radius 1 is 1.41 bits per heavy atom. The Balaban J connectivity index is 2.21. The number of pyridine rings is 1. The minimum atomic E-state index is 0.470. The van der Waals surface area contributed by atoms with Crippen LogP contribution in [0.5, 0.6) is 0 Å². The van der Waals surface area contributed by atoms with Gasteiger partial charge in [0.15, 0.2) is 5.65 Å². The van der Waals surface area contributed by atoms with E-state index in [1.807, 2.05) is 16.8 Å². The zero-order valence-corrected chi connectivity index (χ0v) is 10.8. The van der Waals surface area contributed by atoms with Gasteiger partial charge in [0.2, 0.25) is 5.95 Å². The molecule has 0 saturated carbocycles. The van der Waals surface area contributed by atoms with Gasteiger partial charge < -0.3 is 5.32 Å². The summed E-state index contributed by atoms with van der Waals surface area (Å²) in [6.07, 6.45) is 5.37. The molecule has 0 aliphatic carbocycles. The van der Waals surface area contributed by atoms with Gasteiger partial charge in [-0.25, -0.2) is 4.52 Å². The second-order valence-electron chi connectivity index (χ2n) is 4.43. The van der Waals surface area contributed by atoms with Crippen molar-refractivity contribution in [3.63, 3.8) is 0 Å². The summed E-state index contributed by atoms with van der Waals surface area (Å²) < 4.78 is 1.83. The third-order valence-corrected chi connectivity index (χ3v) is 3.02. The Kier molecular flexibility index (Phi) is 3.61. The van der Waals surface area contributed by atoms with Crippen molar-refractivity contribution in [2.75, 3.05) is 5.32 Å². The first-order valence-electron chi connectivity index (χ1n) is 6.33. The fraction of sp³-hybridized carbons (Fsp3) is 0.538. The number of nitrogens with one attached hydrogen (secondary N) is 1. The Bertz CT molecular complexity index is 489. The molecule has 2 aromatic rings. The zero-order chi connectivity index (χ0) is 12.3. The van der Waals surface area contributed by atoms with Crippen molar-refractivity contribution in [1.29, 1.82) is 0 Å². The van der Waals surface area contributed by atoms with Gasteiger partial charge in [0.05, 0.1) is 0 Å². The van der Waals surface area contributed by atoms with Gasteiger partial charge >= 0.3 is 0 Å². The van der Waals surface area contributed by atoms with E-state index in [4.69, 9.17) is 0 Å². The maximum absolute atomic E-state index is 4.52. The first-order chi connectivity index (χ1) is 8.24. The van der Waals surface area contributed by atoms with E-state index in [2.05, 4.69) is 42.2 Å². The number of aryl methyl sites for hydroxylation is 1. The summed E-state index contributed by atoms with van der Waals surface area (Å²) in [7, 11) is 0. The lowest BCUT2D eigenvalue weighted by Gasteiger charge is -2.13. The number of hydrogen-bond acceptors (Lipinski definition) is 3. The standard InChI is InChI=1S/C13H20N4/c1-4-7-11(5-2)14-13-15-12-10(3)8-6-9-17(12)16-13/h6,8-9,11H,4-5,7H2,1-3H3,(H,14,16). The van der Waals surface area contributed by atoms with Gasteiger partial charge in [0, 0.05) is 12.2 Å². The molecule has 0 saturated heterocycles. The first-order valence-corrected chi connectivity index (χ1v) is 6.33. The molecule has 2 heterocycles. The van der Waals surface area contributed by atoms with Crippen LogP contribution in [0.25, 0.3) is 5.65 Å². The molecule has 0 fully saturated rings. The molecule has 2 aromatic heterocycles. The van der Waals surface area contributed by atoms with E-state index in [9.17, 15) is 0 Å². The lowest BCUT2D eigenvalue weighted by molar-refractivity contribution is 0.617. The Morgan fingerprint density at radius 3 is 2.88 bits per heavy atom. The normalized spacial score (nSPS) is 12.9. The molecular weight excluding hydrogens is 212 g/mol. The van der Waals surface area contributed by atoms with E-state index in [0.29, 0.717) is 6.04 Å². The fourth-order valence-corrected chi connectivity index (χ4v) is 2.01. The predicted octanol–water partition coefficient (Wildman–Crippen LogP) is 3.03. The van der Waals surface area contributed by atoms with Gasteiger partial charge in [-0.05, 0) is 31.4 Å². The molecular formula is C13H20N4. The number of anilines is 1. The van der Waals surface area contributed by atoms with Gasteiger partial charge in [-0.15, -0.1) is 5.10 Å². The molecule has 1 unspecified atom stereocenters. The van der Waals surface area contributed by atoms with E-state index in [0.717, 1.165) is 30.0 Å². The van der Waals surface area contributed by atoms with Crippen molar-refractivity contribution in [2.45, 2.75) is 46.1 Å². The molecule has 0 aliphatic heterocycles. The van der Waals surface area contributed by atoms with Crippen LogP contribution in [0.3, 0.4) is 0 Å². The number of nitrogens with zero attached hydrogens (tertiary/aromatic N) is 3. The highest BCUT2D eigenvalue weighted by Crippen LogP contribution is 2.13. The highest BCUT2D eigenvalue weighted by Gasteiger charge is 2.09. The largest absolute Gasteiger partial charge is 0.350 e. The van der Waals surface area contributed by atoms with Crippen molar-refractivity contribution < 1.29 is 0 Å². The van der Waals surface area contributed by atoms with Crippen LogP contribution >= 0.6 is 0 Å². The molecule has 4 nitrogen and oxygen atoms in total. The lowest BCUT2D eigenvalue weighted by atomic mass is 10.1. The molecule has 0 aliphatic rings. The molecule has 17 heavy (non-hydrogen) atoms.